The molecule has 0 unspecified atom stereocenters. The van der Waals surface area contributed by atoms with Crippen LogP contribution in [0.25, 0.3) is 5.65 Å². The molecule has 0 fully saturated rings. The van der Waals surface area contributed by atoms with Gasteiger partial charge in [0.2, 0.25) is 0 Å². The summed E-state index contributed by atoms with van der Waals surface area (Å²) in [7, 11) is 0. The van der Waals surface area contributed by atoms with Crippen LogP contribution in [0.15, 0.2) is 22.8 Å². The van der Waals surface area contributed by atoms with E-state index in [1.54, 1.807) is 0 Å². The second kappa shape index (κ2) is 5.41. The van der Waals surface area contributed by atoms with Crippen molar-refractivity contribution in [1.29, 1.82) is 0 Å². The summed E-state index contributed by atoms with van der Waals surface area (Å²) >= 11 is 3.45. The Morgan fingerprint density at radius 3 is 2.88 bits per heavy atom. The van der Waals surface area contributed by atoms with E-state index in [0.717, 1.165) is 48.2 Å². The van der Waals surface area contributed by atoms with Gasteiger partial charge in [-0.25, -0.2) is 0 Å². The normalized spacial score (nSPS) is 11.1. The predicted molar refractivity (Wildman–Crippen MR) is 67.3 cm³/mol. The maximum absolute atomic E-state index is 5.46. The number of nitrogens with two attached hydrogens (primary N) is 1. The van der Waals surface area contributed by atoms with E-state index in [4.69, 9.17) is 5.73 Å². The Hall–Kier alpha value is -0.940. The Morgan fingerprint density at radius 1 is 1.19 bits per heavy atom. The van der Waals surface area contributed by atoms with Crippen molar-refractivity contribution in [2.24, 2.45) is 5.73 Å². The van der Waals surface area contributed by atoms with Crippen molar-refractivity contribution in [3.63, 3.8) is 0 Å². The van der Waals surface area contributed by atoms with Crippen LogP contribution >= 0.6 is 15.9 Å². The molecule has 2 heterocycles. The lowest BCUT2D eigenvalue weighted by molar-refractivity contribution is 0.665. The van der Waals surface area contributed by atoms with Crippen molar-refractivity contribution in [3.8, 4) is 0 Å². The second-order valence-electron chi connectivity index (χ2n) is 3.79. The van der Waals surface area contributed by atoms with Crippen LogP contribution in [0.3, 0.4) is 0 Å². The standard InChI is InChI=1S/C11H15BrN4/c12-9-5-6-11-15-14-10(16(11)8-9)4-2-1-3-7-13/h5-6,8H,1-4,7,13H2. The van der Waals surface area contributed by atoms with Gasteiger partial charge in [-0.1, -0.05) is 6.42 Å². The van der Waals surface area contributed by atoms with Gasteiger partial charge in [-0.05, 0) is 47.4 Å². The third-order valence-electron chi connectivity index (χ3n) is 2.54. The summed E-state index contributed by atoms with van der Waals surface area (Å²) in [6.45, 7) is 0.770. The van der Waals surface area contributed by atoms with Crippen LogP contribution in [0.5, 0.6) is 0 Å². The molecule has 0 atom stereocenters. The van der Waals surface area contributed by atoms with Gasteiger partial charge in [0, 0.05) is 17.1 Å². The van der Waals surface area contributed by atoms with Crippen LogP contribution in [0.4, 0.5) is 0 Å². The zero-order valence-electron chi connectivity index (χ0n) is 9.06. The van der Waals surface area contributed by atoms with E-state index in [2.05, 4.69) is 26.1 Å². The third kappa shape index (κ3) is 2.59. The van der Waals surface area contributed by atoms with E-state index in [-0.39, 0.29) is 0 Å². The van der Waals surface area contributed by atoms with Gasteiger partial charge in [0.25, 0.3) is 0 Å². The van der Waals surface area contributed by atoms with Gasteiger partial charge in [-0.3, -0.25) is 4.40 Å². The Morgan fingerprint density at radius 2 is 2.06 bits per heavy atom. The fourth-order valence-electron chi connectivity index (χ4n) is 1.69. The van der Waals surface area contributed by atoms with Gasteiger partial charge in [0.05, 0.1) is 0 Å². The smallest absolute Gasteiger partial charge is 0.160 e. The number of halogens is 1. The van der Waals surface area contributed by atoms with Crippen LogP contribution in [0.1, 0.15) is 25.1 Å². The highest BCUT2D eigenvalue weighted by Crippen LogP contribution is 2.13. The highest BCUT2D eigenvalue weighted by atomic mass is 79.9. The first-order valence-corrected chi connectivity index (χ1v) is 6.30. The van der Waals surface area contributed by atoms with Crippen molar-refractivity contribution in [1.82, 2.24) is 14.6 Å². The van der Waals surface area contributed by atoms with Gasteiger partial charge in [0.1, 0.15) is 5.82 Å². The van der Waals surface area contributed by atoms with Crippen LogP contribution in [-0.4, -0.2) is 21.1 Å². The first kappa shape index (κ1) is 11.5. The van der Waals surface area contributed by atoms with E-state index in [0.29, 0.717) is 0 Å². The molecule has 16 heavy (non-hydrogen) atoms. The highest BCUT2D eigenvalue weighted by Gasteiger charge is 2.04. The first-order valence-electron chi connectivity index (χ1n) is 5.50. The summed E-state index contributed by atoms with van der Waals surface area (Å²) in [6.07, 6.45) is 6.32. The Bertz CT molecular complexity index is 466. The summed E-state index contributed by atoms with van der Waals surface area (Å²) in [5, 5.41) is 8.32. The van der Waals surface area contributed by atoms with Crippen LogP contribution < -0.4 is 5.73 Å². The molecule has 2 aromatic rings. The molecule has 0 radical (unpaired) electrons. The number of fused-ring (bicyclic) bond motifs is 1. The topological polar surface area (TPSA) is 56.2 Å². The second-order valence-corrected chi connectivity index (χ2v) is 4.71. The molecular formula is C11H15BrN4. The zero-order valence-corrected chi connectivity index (χ0v) is 10.7. The number of hydrogen-bond acceptors (Lipinski definition) is 3. The van der Waals surface area contributed by atoms with Gasteiger partial charge in [-0.2, -0.15) is 0 Å². The number of hydrogen-bond donors (Lipinski definition) is 1. The molecular weight excluding hydrogens is 268 g/mol. The number of pyridine rings is 1. The van der Waals surface area contributed by atoms with Crippen LogP contribution in [-0.2, 0) is 6.42 Å². The monoisotopic (exact) mass is 282 g/mol. The summed E-state index contributed by atoms with van der Waals surface area (Å²) in [5.41, 5.74) is 6.36. The van der Waals surface area contributed by atoms with Gasteiger partial charge in [-0.15, -0.1) is 10.2 Å². The average molecular weight is 283 g/mol. The maximum Gasteiger partial charge on any atom is 0.160 e. The number of rotatable bonds is 5. The number of aromatic nitrogens is 3. The molecule has 5 heteroatoms. The highest BCUT2D eigenvalue weighted by molar-refractivity contribution is 9.10. The fraction of sp³-hybridized carbons (Fsp3) is 0.455. The predicted octanol–water partition coefficient (Wildman–Crippen LogP) is 2.16. The maximum atomic E-state index is 5.46. The van der Waals surface area contributed by atoms with Crippen molar-refractivity contribution >= 4 is 21.6 Å². The molecule has 2 aromatic heterocycles. The molecule has 0 saturated heterocycles. The Balaban J connectivity index is 2.09. The van der Waals surface area contributed by atoms with E-state index < -0.39 is 0 Å². The lowest BCUT2D eigenvalue weighted by atomic mass is 10.2. The molecule has 4 nitrogen and oxygen atoms in total. The Kier molecular flexibility index (Phi) is 3.90. The lowest BCUT2D eigenvalue weighted by Crippen LogP contribution is -1.99. The molecule has 0 aliphatic carbocycles. The number of aryl methyl sites for hydroxylation is 1. The van der Waals surface area contributed by atoms with E-state index in [1.807, 2.05) is 22.7 Å². The van der Waals surface area contributed by atoms with Gasteiger partial charge in [0.15, 0.2) is 5.65 Å². The molecule has 0 amide bonds. The molecule has 86 valence electrons. The third-order valence-corrected chi connectivity index (χ3v) is 3.01. The molecule has 0 bridgehead atoms. The number of unbranched alkanes of at least 4 members (excludes halogenated alkanes) is 2. The van der Waals surface area contributed by atoms with Crippen LogP contribution in [0.2, 0.25) is 0 Å². The van der Waals surface area contributed by atoms with Crippen LogP contribution in [0, 0.1) is 0 Å². The average Bonchev–Trinajstić information content (AvgIpc) is 2.67. The summed E-state index contributed by atoms with van der Waals surface area (Å²) < 4.78 is 3.08. The molecule has 0 aromatic carbocycles. The largest absolute Gasteiger partial charge is 0.330 e. The van der Waals surface area contributed by atoms with Gasteiger partial charge >= 0.3 is 0 Å². The number of nitrogens with zero attached hydrogens (tertiary/aromatic N) is 3. The van der Waals surface area contributed by atoms with E-state index >= 15 is 0 Å². The van der Waals surface area contributed by atoms with Crippen molar-refractivity contribution in [3.05, 3.63) is 28.6 Å². The van der Waals surface area contributed by atoms with Gasteiger partial charge < -0.3 is 5.73 Å². The Labute approximate surface area is 103 Å². The van der Waals surface area contributed by atoms with E-state index in [9.17, 15) is 0 Å². The minimum atomic E-state index is 0.770. The minimum Gasteiger partial charge on any atom is -0.330 e. The fourth-order valence-corrected chi connectivity index (χ4v) is 2.02. The molecule has 2 rings (SSSR count). The summed E-state index contributed by atoms with van der Waals surface area (Å²) in [5.74, 6) is 1.02. The minimum absolute atomic E-state index is 0.770. The van der Waals surface area contributed by atoms with Crippen molar-refractivity contribution < 1.29 is 0 Å². The first-order chi connectivity index (χ1) is 7.81. The van der Waals surface area contributed by atoms with E-state index in [1.165, 1.54) is 0 Å². The molecule has 2 N–H and O–H groups in total. The lowest BCUT2D eigenvalue weighted by Gasteiger charge is -2.00. The molecule has 0 aliphatic rings. The molecule has 0 spiro atoms. The SMILES string of the molecule is NCCCCCc1nnc2ccc(Br)cn12. The zero-order chi connectivity index (χ0) is 11.4. The van der Waals surface area contributed by atoms with Crippen molar-refractivity contribution in [2.75, 3.05) is 6.54 Å². The summed E-state index contributed by atoms with van der Waals surface area (Å²) in [6, 6.07) is 3.93. The van der Waals surface area contributed by atoms with Crippen molar-refractivity contribution in [2.45, 2.75) is 25.7 Å². The molecule has 0 saturated carbocycles. The molecule has 0 aliphatic heterocycles. The summed E-state index contributed by atoms with van der Waals surface area (Å²) in [4.78, 5) is 0. The quantitative estimate of drug-likeness (QED) is 0.855.